The summed E-state index contributed by atoms with van der Waals surface area (Å²) >= 11 is 0. The van der Waals surface area contributed by atoms with Crippen molar-refractivity contribution in [1.82, 2.24) is 10.5 Å². The first-order valence-corrected chi connectivity index (χ1v) is 7.42. The molecule has 0 spiro atoms. The molecule has 0 saturated heterocycles. The van der Waals surface area contributed by atoms with E-state index in [9.17, 15) is 4.79 Å². The Hall–Kier alpha value is -2.10. The fourth-order valence-corrected chi connectivity index (χ4v) is 2.99. The Kier molecular flexibility index (Phi) is 3.53. The highest BCUT2D eigenvalue weighted by atomic mass is 16.5. The number of aromatic nitrogens is 1. The van der Waals surface area contributed by atoms with Crippen LogP contribution in [0.4, 0.5) is 0 Å². The first-order chi connectivity index (χ1) is 10.1. The zero-order valence-corrected chi connectivity index (χ0v) is 12.6. The van der Waals surface area contributed by atoms with Gasteiger partial charge in [-0.3, -0.25) is 4.79 Å². The average molecular weight is 284 g/mol. The van der Waals surface area contributed by atoms with E-state index >= 15 is 0 Å². The monoisotopic (exact) mass is 284 g/mol. The maximum Gasteiger partial charge on any atom is 0.257 e. The Balaban J connectivity index is 1.84. The van der Waals surface area contributed by atoms with Crippen molar-refractivity contribution in [3.8, 4) is 0 Å². The Morgan fingerprint density at radius 3 is 2.90 bits per heavy atom. The molecule has 21 heavy (non-hydrogen) atoms. The first kappa shape index (κ1) is 13.9. The van der Waals surface area contributed by atoms with Crippen molar-refractivity contribution in [2.45, 2.75) is 45.6 Å². The summed E-state index contributed by atoms with van der Waals surface area (Å²) in [7, 11) is 0. The van der Waals surface area contributed by atoms with Crippen LogP contribution in [0.25, 0.3) is 0 Å². The van der Waals surface area contributed by atoms with Gasteiger partial charge < -0.3 is 9.84 Å². The zero-order valence-electron chi connectivity index (χ0n) is 12.6. The van der Waals surface area contributed by atoms with Gasteiger partial charge in [-0.25, -0.2) is 0 Å². The van der Waals surface area contributed by atoms with E-state index in [1.807, 2.05) is 32.9 Å². The molecule has 2 aromatic rings. The van der Waals surface area contributed by atoms with Crippen LogP contribution in [0.1, 0.15) is 65.2 Å². The number of amides is 1. The van der Waals surface area contributed by atoms with Gasteiger partial charge in [0.05, 0.1) is 11.7 Å². The number of carbonyl (C=O) groups excluding carboxylic acids is 1. The summed E-state index contributed by atoms with van der Waals surface area (Å²) in [6, 6.07) is 8.38. The number of hydrogen-bond donors (Lipinski definition) is 1. The van der Waals surface area contributed by atoms with Crippen LogP contribution >= 0.6 is 0 Å². The number of nitrogens with zero attached hydrogens (tertiary/aromatic N) is 1. The number of nitrogens with one attached hydrogen (secondary N) is 1. The van der Waals surface area contributed by atoms with Gasteiger partial charge in [0, 0.05) is 5.92 Å². The van der Waals surface area contributed by atoms with Crippen LogP contribution in [0.15, 0.2) is 28.8 Å². The Labute approximate surface area is 124 Å². The number of aryl methyl sites for hydroxylation is 2. The van der Waals surface area contributed by atoms with Gasteiger partial charge in [0.25, 0.3) is 5.91 Å². The van der Waals surface area contributed by atoms with Crippen molar-refractivity contribution in [3.05, 3.63) is 52.4 Å². The van der Waals surface area contributed by atoms with E-state index < -0.39 is 0 Å². The molecular formula is C17H20N2O2. The summed E-state index contributed by atoms with van der Waals surface area (Å²) in [5, 5.41) is 7.08. The zero-order chi connectivity index (χ0) is 15.0. The normalized spacial score (nSPS) is 17.0. The van der Waals surface area contributed by atoms with Crippen LogP contribution in [-0.2, 0) is 6.42 Å². The SMILES string of the molecule is Cc1noc(C(C)C)c1C(=O)NC1CCc2ccccc21. The number of fused-ring (bicyclic) bond motifs is 1. The Morgan fingerprint density at radius 1 is 1.38 bits per heavy atom. The molecule has 0 bridgehead atoms. The lowest BCUT2D eigenvalue weighted by Crippen LogP contribution is -2.28. The van der Waals surface area contributed by atoms with Crippen LogP contribution < -0.4 is 5.32 Å². The first-order valence-electron chi connectivity index (χ1n) is 7.42. The molecule has 1 aliphatic carbocycles. The highest BCUT2D eigenvalue weighted by Crippen LogP contribution is 2.31. The molecule has 110 valence electrons. The summed E-state index contributed by atoms with van der Waals surface area (Å²) in [6.07, 6.45) is 1.97. The minimum absolute atomic E-state index is 0.0841. The van der Waals surface area contributed by atoms with E-state index in [-0.39, 0.29) is 17.9 Å². The standard InChI is InChI=1S/C17H20N2O2/c1-10(2)16-15(11(3)19-21-16)17(20)18-14-9-8-12-6-4-5-7-13(12)14/h4-7,10,14H,8-9H2,1-3H3,(H,18,20). The number of hydrogen-bond acceptors (Lipinski definition) is 3. The summed E-state index contributed by atoms with van der Waals surface area (Å²) in [5.74, 6) is 0.721. The number of carbonyl (C=O) groups is 1. The molecule has 0 radical (unpaired) electrons. The second kappa shape index (κ2) is 5.35. The molecule has 1 heterocycles. The molecule has 1 aliphatic rings. The lowest BCUT2D eigenvalue weighted by Gasteiger charge is -2.14. The van der Waals surface area contributed by atoms with Crippen molar-refractivity contribution < 1.29 is 9.32 Å². The van der Waals surface area contributed by atoms with Crippen molar-refractivity contribution in [2.75, 3.05) is 0 Å². The minimum atomic E-state index is -0.0841. The highest BCUT2D eigenvalue weighted by Gasteiger charge is 2.28. The number of rotatable bonds is 3. The highest BCUT2D eigenvalue weighted by molar-refractivity contribution is 5.96. The molecule has 0 fully saturated rings. The molecule has 4 heteroatoms. The van der Waals surface area contributed by atoms with E-state index in [1.165, 1.54) is 11.1 Å². The van der Waals surface area contributed by atoms with Gasteiger partial charge in [-0.1, -0.05) is 43.3 Å². The fourth-order valence-electron chi connectivity index (χ4n) is 2.99. The predicted molar refractivity (Wildman–Crippen MR) is 80.3 cm³/mol. The maximum atomic E-state index is 12.6. The molecule has 4 nitrogen and oxygen atoms in total. The molecule has 1 aromatic carbocycles. The van der Waals surface area contributed by atoms with Crippen molar-refractivity contribution >= 4 is 5.91 Å². The lowest BCUT2D eigenvalue weighted by atomic mass is 10.0. The Bertz CT molecular complexity index is 673. The summed E-state index contributed by atoms with van der Waals surface area (Å²) in [4.78, 5) is 12.6. The second-order valence-corrected chi connectivity index (χ2v) is 5.93. The second-order valence-electron chi connectivity index (χ2n) is 5.93. The third-order valence-electron chi connectivity index (χ3n) is 4.08. The van der Waals surface area contributed by atoms with Gasteiger partial charge in [0.2, 0.25) is 0 Å². The van der Waals surface area contributed by atoms with E-state index in [1.54, 1.807) is 0 Å². The predicted octanol–water partition coefficient (Wildman–Crippen LogP) is 3.52. The van der Waals surface area contributed by atoms with E-state index in [4.69, 9.17) is 4.52 Å². The minimum Gasteiger partial charge on any atom is -0.360 e. The number of benzene rings is 1. The van der Waals surface area contributed by atoms with Crippen LogP contribution in [0, 0.1) is 6.92 Å². The van der Waals surface area contributed by atoms with Gasteiger partial charge >= 0.3 is 0 Å². The van der Waals surface area contributed by atoms with Crippen LogP contribution in [0.5, 0.6) is 0 Å². The van der Waals surface area contributed by atoms with Crippen LogP contribution in [-0.4, -0.2) is 11.1 Å². The van der Waals surface area contributed by atoms with Crippen molar-refractivity contribution in [3.63, 3.8) is 0 Å². The third-order valence-corrected chi connectivity index (χ3v) is 4.08. The van der Waals surface area contributed by atoms with Gasteiger partial charge in [-0.15, -0.1) is 0 Å². The lowest BCUT2D eigenvalue weighted by molar-refractivity contribution is 0.0933. The van der Waals surface area contributed by atoms with E-state index in [0.29, 0.717) is 17.0 Å². The molecular weight excluding hydrogens is 264 g/mol. The van der Waals surface area contributed by atoms with Gasteiger partial charge in [0.1, 0.15) is 5.56 Å². The molecule has 1 unspecified atom stereocenters. The van der Waals surface area contributed by atoms with Crippen molar-refractivity contribution in [2.24, 2.45) is 0 Å². The van der Waals surface area contributed by atoms with Gasteiger partial charge in [-0.2, -0.15) is 0 Å². The largest absolute Gasteiger partial charge is 0.360 e. The quantitative estimate of drug-likeness (QED) is 0.938. The molecule has 3 rings (SSSR count). The molecule has 0 saturated carbocycles. The average Bonchev–Trinajstić information content (AvgIpc) is 3.03. The van der Waals surface area contributed by atoms with E-state index in [2.05, 4.69) is 22.6 Å². The molecule has 1 amide bonds. The topological polar surface area (TPSA) is 55.1 Å². The summed E-state index contributed by atoms with van der Waals surface area (Å²) < 4.78 is 5.30. The summed E-state index contributed by atoms with van der Waals surface area (Å²) in [5.41, 5.74) is 3.80. The molecule has 0 aliphatic heterocycles. The van der Waals surface area contributed by atoms with Crippen LogP contribution in [0.3, 0.4) is 0 Å². The molecule has 1 aromatic heterocycles. The van der Waals surface area contributed by atoms with Crippen molar-refractivity contribution in [1.29, 1.82) is 0 Å². The Morgan fingerprint density at radius 2 is 2.14 bits per heavy atom. The smallest absolute Gasteiger partial charge is 0.257 e. The third kappa shape index (κ3) is 2.46. The maximum absolute atomic E-state index is 12.6. The molecule has 1 N–H and O–H groups in total. The van der Waals surface area contributed by atoms with Crippen LogP contribution in [0.2, 0.25) is 0 Å². The van der Waals surface area contributed by atoms with Gasteiger partial charge in [-0.05, 0) is 30.9 Å². The fraction of sp³-hybridized carbons (Fsp3) is 0.412. The molecule has 1 atom stereocenters. The van der Waals surface area contributed by atoms with E-state index in [0.717, 1.165) is 12.8 Å². The summed E-state index contributed by atoms with van der Waals surface area (Å²) in [6.45, 7) is 5.82. The van der Waals surface area contributed by atoms with Gasteiger partial charge in [0.15, 0.2) is 5.76 Å².